The molecule has 1 aromatic rings. The van der Waals surface area contributed by atoms with Crippen molar-refractivity contribution in [2.75, 3.05) is 6.67 Å². The molecule has 1 aliphatic carbocycles. The van der Waals surface area contributed by atoms with Crippen LogP contribution in [0, 0.1) is 0 Å². The summed E-state index contributed by atoms with van der Waals surface area (Å²) in [5.74, 6) is 0.359. The SMILES string of the molecule is CC1(c2nc(C(F)(F)F)cn2CCF)CC1. The van der Waals surface area contributed by atoms with Gasteiger partial charge in [-0.25, -0.2) is 9.37 Å². The fraction of sp³-hybridized carbons (Fsp3) is 0.700. The van der Waals surface area contributed by atoms with Gasteiger partial charge in [-0.1, -0.05) is 6.92 Å². The first kappa shape index (κ1) is 11.4. The van der Waals surface area contributed by atoms with Gasteiger partial charge in [0, 0.05) is 11.6 Å². The predicted octanol–water partition coefficient (Wildman–Crippen LogP) is 2.92. The van der Waals surface area contributed by atoms with Crippen LogP contribution < -0.4 is 0 Å². The van der Waals surface area contributed by atoms with E-state index in [0.29, 0.717) is 5.82 Å². The van der Waals surface area contributed by atoms with E-state index >= 15 is 0 Å². The smallest absolute Gasteiger partial charge is 0.331 e. The van der Waals surface area contributed by atoms with Crippen LogP contribution in [-0.4, -0.2) is 16.2 Å². The maximum absolute atomic E-state index is 12.5. The summed E-state index contributed by atoms with van der Waals surface area (Å²) in [6, 6.07) is 0. The molecule has 1 aromatic heterocycles. The van der Waals surface area contributed by atoms with Gasteiger partial charge in [0.15, 0.2) is 5.69 Å². The molecule has 0 bridgehead atoms. The Labute approximate surface area is 90.3 Å². The maximum Gasteiger partial charge on any atom is 0.434 e. The molecule has 2 nitrogen and oxygen atoms in total. The number of imidazole rings is 1. The highest BCUT2D eigenvalue weighted by molar-refractivity contribution is 5.21. The molecule has 1 heterocycles. The summed E-state index contributed by atoms with van der Waals surface area (Å²) >= 11 is 0. The first-order valence-electron chi connectivity index (χ1n) is 5.08. The lowest BCUT2D eigenvalue weighted by molar-refractivity contribution is -0.141. The van der Waals surface area contributed by atoms with Crippen molar-refractivity contribution in [3.8, 4) is 0 Å². The van der Waals surface area contributed by atoms with E-state index in [1.807, 2.05) is 6.92 Å². The van der Waals surface area contributed by atoms with E-state index in [1.165, 1.54) is 4.57 Å². The summed E-state index contributed by atoms with van der Waals surface area (Å²) in [5.41, 5.74) is -1.22. The molecule has 0 radical (unpaired) electrons. The largest absolute Gasteiger partial charge is 0.434 e. The van der Waals surface area contributed by atoms with Gasteiger partial charge in [0.05, 0.1) is 6.54 Å². The standard InChI is InChI=1S/C10H12F4N2/c1-9(2-3-9)8-15-7(10(12,13)14)6-16(8)5-4-11/h6H,2-5H2,1H3. The molecule has 1 aliphatic rings. The third-order valence-electron chi connectivity index (χ3n) is 2.93. The van der Waals surface area contributed by atoms with Crippen molar-refractivity contribution in [1.29, 1.82) is 0 Å². The van der Waals surface area contributed by atoms with Gasteiger partial charge in [0.25, 0.3) is 0 Å². The highest BCUT2D eigenvalue weighted by Crippen LogP contribution is 2.47. The van der Waals surface area contributed by atoms with Crippen molar-refractivity contribution in [2.24, 2.45) is 0 Å². The Morgan fingerprint density at radius 2 is 2.06 bits per heavy atom. The number of rotatable bonds is 3. The molecule has 0 N–H and O–H groups in total. The molecule has 0 aliphatic heterocycles. The van der Waals surface area contributed by atoms with E-state index in [2.05, 4.69) is 4.98 Å². The second-order valence-corrected chi connectivity index (χ2v) is 4.39. The predicted molar refractivity (Wildman–Crippen MR) is 49.8 cm³/mol. The average Bonchev–Trinajstić information content (AvgIpc) is 2.76. The summed E-state index contributed by atoms with van der Waals surface area (Å²) in [6.07, 6.45) is -1.93. The van der Waals surface area contributed by atoms with Crippen molar-refractivity contribution in [3.05, 3.63) is 17.7 Å². The Kier molecular flexibility index (Phi) is 2.47. The van der Waals surface area contributed by atoms with Crippen LogP contribution in [0.25, 0.3) is 0 Å². The van der Waals surface area contributed by atoms with Gasteiger partial charge in [-0.05, 0) is 12.8 Å². The molecule has 1 saturated carbocycles. The van der Waals surface area contributed by atoms with Crippen molar-refractivity contribution in [3.63, 3.8) is 0 Å². The van der Waals surface area contributed by atoms with Crippen LogP contribution in [0.2, 0.25) is 0 Å². The molecule has 0 saturated heterocycles. The minimum Gasteiger partial charge on any atom is -0.331 e. The number of aromatic nitrogens is 2. The van der Waals surface area contributed by atoms with Gasteiger partial charge in [0.1, 0.15) is 12.5 Å². The van der Waals surface area contributed by atoms with Crippen molar-refractivity contribution >= 4 is 0 Å². The van der Waals surface area contributed by atoms with Crippen LogP contribution in [-0.2, 0) is 18.1 Å². The van der Waals surface area contributed by atoms with Crippen LogP contribution in [0.4, 0.5) is 17.6 Å². The van der Waals surface area contributed by atoms with Gasteiger partial charge in [-0.2, -0.15) is 13.2 Å². The van der Waals surface area contributed by atoms with Crippen molar-refractivity contribution in [2.45, 2.75) is 37.9 Å². The topological polar surface area (TPSA) is 17.8 Å². The van der Waals surface area contributed by atoms with Gasteiger partial charge in [0.2, 0.25) is 0 Å². The van der Waals surface area contributed by atoms with Crippen LogP contribution in [0.1, 0.15) is 31.3 Å². The number of hydrogen-bond donors (Lipinski definition) is 0. The van der Waals surface area contributed by atoms with Gasteiger partial charge in [-0.3, -0.25) is 0 Å². The second-order valence-electron chi connectivity index (χ2n) is 4.39. The molecule has 0 spiro atoms. The van der Waals surface area contributed by atoms with Gasteiger partial charge >= 0.3 is 6.18 Å². The molecule has 0 atom stereocenters. The number of alkyl halides is 4. The Morgan fingerprint density at radius 3 is 2.50 bits per heavy atom. The minimum absolute atomic E-state index is 0.0615. The third kappa shape index (κ3) is 1.92. The zero-order chi connectivity index (χ0) is 12.0. The highest BCUT2D eigenvalue weighted by Gasteiger charge is 2.45. The molecule has 0 amide bonds. The summed E-state index contributed by atoms with van der Waals surface area (Å²) in [5, 5.41) is 0. The molecule has 6 heteroatoms. The quantitative estimate of drug-likeness (QED) is 0.738. The lowest BCUT2D eigenvalue weighted by Gasteiger charge is -2.09. The first-order chi connectivity index (χ1) is 7.37. The summed E-state index contributed by atoms with van der Waals surface area (Å²) in [6.45, 7) is 1.11. The summed E-state index contributed by atoms with van der Waals surface area (Å²) in [7, 11) is 0. The number of hydrogen-bond acceptors (Lipinski definition) is 1. The van der Waals surface area contributed by atoms with Crippen LogP contribution >= 0.6 is 0 Å². The fourth-order valence-electron chi connectivity index (χ4n) is 1.71. The molecule has 1 fully saturated rings. The first-order valence-corrected chi connectivity index (χ1v) is 5.08. The molecule has 2 rings (SSSR count). The van der Waals surface area contributed by atoms with Crippen LogP contribution in [0.15, 0.2) is 6.20 Å². The van der Waals surface area contributed by atoms with E-state index in [-0.39, 0.29) is 12.0 Å². The van der Waals surface area contributed by atoms with Gasteiger partial charge < -0.3 is 4.57 Å². The average molecular weight is 236 g/mol. The molecule has 0 unspecified atom stereocenters. The van der Waals surface area contributed by atoms with Crippen LogP contribution in [0.5, 0.6) is 0 Å². The van der Waals surface area contributed by atoms with Crippen molar-refractivity contribution in [1.82, 2.24) is 9.55 Å². The highest BCUT2D eigenvalue weighted by atomic mass is 19.4. The van der Waals surface area contributed by atoms with E-state index < -0.39 is 18.5 Å². The summed E-state index contributed by atoms with van der Waals surface area (Å²) < 4.78 is 50.9. The second kappa shape index (κ2) is 3.46. The minimum atomic E-state index is -4.46. The third-order valence-corrected chi connectivity index (χ3v) is 2.93. The molecule has 90 valence electrons. The zero-order valence-corrected chi connectivity index (χ0v) is 8.81. The normalized spacial score (nSPS) is 18.8. The molecule has 0 aromatic carbocycles. The Morgan fingerprint density at radius 1 is 1.44 bits per heavy atom. The number of halogens is 4. The van der Waals surface area contributed by atoms with Gasteiger partial charge in [-0.15, -0.1) is 0 Å². The molecular weight excluding hydrogens is 224 g/mol. The number of nitrogens with zero attached hydrogens (tertiary/aromatic N) is 2. The lowest BCUT2D eigenvalue weighted by Crippen LogP contribution is -2.12. The molecular formula is C10H12F4N2. The van der Waals surface area contributed by atoms with Crippen LogP contribution in [0.3, 0.4) is 0 Å². The monoisotopic (exact) mass is 236 g/mol. The Balaban J connectivity index is 2.38. The maximum atomic E-state index is 12.5. The summed E-state index contributed by atoms with van der Waals surface area (Å²) in [4.78, 5) is 3.61. The van der Waals surface area contributed by atoms with Crippen molar-refractivity contribution < 1.29 is 17.6 Å². The lowest BCUT2D eigenvalue weighted by atomic mass is 10.1. The number of aryl methyl sites for hydroxylation is 1. The van der Waals surface area contributed by atoms with E-state index in [4.69, 9.17) is 0 Å². The van der Waals surface area contributed by atoms with E-state index in [1.54, 1.807) is 0 Å². The Bertz CT molecular complexity index is 390. The fourth-order valence-corrected chi connectivity index (χ4v) is 1.71. The zero-order valence-electron chi connectivity index (χ0n) is 8.81. The van der Waals surface area contributed by atoms with E-state index in [9.17, 15) is 17.6 Å². The van der Waals surface area contributed by atoms with E-state index in [0.717, 1.165) is 19.0 Å². The molecule has 16 heavy (non-hydrogen) atoms. The Hall–Kier alpha value is -1.07.